The van der Waals surface area contributed by atoms with Gasteiger partial charge in [0.2, 0.25) is 5.91 Å². The third kappa shape index (κ3) is 4.78. The molecule has 2 aliphatic rings. The number of likely N-dealkylation sites (N-methyl/N-ethyl adjacent to an activating group) is 1. The molecule has 0 unspecified atom stereocenters. The van der Waals surface area contributed by atoms with Crippen LogP contribution < -0.4 is 14.8 Å². The average molecular weight is 488 g/mol. The molecule has 1 saturated heterocycles. The number of hydrogen-bond donors (Lipinski definition) is 1. The topological polar surface area (TPSA) is 88.2 Å². The van der Waals surface area contributed by atoms with Crippen molar-refractivity contribution in [2.75, 3.05) is 26.0 Å². The van der Waals surface area contributed by atoms with Crippen LogP contribution in [-0.4, -0.2) is 60.5 Å². The van der Waals surface area contributed by atoms with Crippen LogP contribution in [0.15, 0.2) is 42.5 Å². The summed E-state index contributed by atoms with van der Waals surface area (Å²) >= 11 is 0. The third-order valence-electron chi connectivity index (χ3n) is 6.67. The highest BCUT2D eigenvalue weighted by molar-refractivity contribution is 6.10. The standard InChI is InChI=1S/C25H27F2N3O5/c1-29-24(33)30(22(32)25(29)12-4-3-5-13-25)15-21(31)28-17-8-11-20(35-23(26)27)19(14-17)16-6-9-18(34-2)10-7-16/h6-11,14,23H,3-5,12-13,15H2,1-2H3,(H,28,31). The summed E-state index contributed by atoms with van der Waals surface area (Å²) in [5.74, 6) is -0.389. The predicted octanol–water partition coefficient (Wildman–Crippen LogP) is 4.50. The Kier molecular flexibility index (Phi) is 6.90. The molecular formula is C25H27F2N3O5. The smallest absolute Gasteiger partial charge is 0.387 e. The molecule has 2 aromatic rings. The second kappa shape index (κ2) is 9.89. The average Bonchev–Trinajstić information content (AvgIpc) is 3.01. The lowest BCUT2D eigenvalue weighted by Gasteiger charge is -2.35. The molecule has 1 aliphatic carbocycles. The van der Waals surface area contributed by atoms with Gasteiger partial charge in [-0.2, -0.15) is 8.78 Å². The molecule has 10 heteroatoms. The van der Waals surface area contributed by atoms with Crippen LogP contribution in [-0.2, 0) is 9.59 Å². The Morgan fingerprint density at radius 2 is 1.77 bits per heavy atom. The minimum absolute atomic E-state index is 0.0612. The second-order valence-corrected chi connectivity index (χ2v) is 8.69. The fraction of sp³-hybridized carbons (Fsp3) is 0.400. The molecule has 1 heterocycles. The first-order chi connectivity index (χ1) is 16.7. The molecule has 2 fully saturated rings. The summed E-state index contributed by atoms with van der Waals surface area (Å²) in [4.78, 5) is 41.1. The quantitative estimate of drug-likeness (QED) is 0.581. The van der Waals surface area contributed by atoms with Crippen molar-refractivity contribution in [1.82, 2.24) is 9.80 Å². The molecule has 1 spiro atoms. The number of imide groups is 1. The Labute approximate surface area is 201 Å². The van der Waals surface area contributed by atoms with Crippen LogP contribution >= 0.6 is 0 Å². The van der Waals surface area contributed by atoms with E-state index in [1.807, 2.05) is 0 Å². The largest absolute Gasteiger partial charge is 0.497 e. The first kappa shape index (κ1) is 24.4. The van der Waals surface area contributed by atoms with E-state index in [-0.39, 0.29) is 11.7 Å². The lowest BCUT2D eigenvalue weighted by atomic mass is 9.81. The molecule has 4 amide bonds. The Balaban J connectivity index is 1.53. The zero-order valence-electron chi connectivity index (χ0n) is 19.6. The van der Waals surface area contributed by atoms with E-state index >= 15 is 0 Å². The van der Waals surface area contributed by atoms with Crippen LogP contribution in [0.2, 0.25) is 0 Å². The van der Waals surface area contributed by atoms with Crippen LogP contribution in [0, 0.1) is 0 Å². The second-order valence-electron chi connectivity index (χ2n) is 8.69. The van der Waals surface area contributed by atoms with E-state index in [1.54, 1.807) is 31.3 Å². The number of urea groups is 1. The van der Waals surface area contributed by atoms with E-state index in [1.165, 1.54) is 30.2 Å². The fourth-order valence-corrected chi connectivity index (χ4v) is 4.82. The SMILES string of the molecule is COc1ccc(-c2cc(NC(=O)CN3C(=O)N(C)C4(CCCCC4)C3=O)ccc2OC(F)F)cc1. The molecule has 35 heavy (non-hydrogen) atoms. The van der Waals surface area contributed by atoms with Gasteiger partial charge in [0.25, 0.3) is 5.91 Å². The van der Waals surface area contributed by atoms with Crippen molar-refractivity contribution in [3.63, 3.8) is 0 Å². The maximum absolute atomic E-state index is 13.1. The predicted molar refractivity (Wildman–Crippen MR) is 124 cm³/mol. The number of amides is 4. The summed E-state index contributed by atoms with van der Waals surface area (Å²) in [6.07, 6.45) is 3.89. The van der Waals surface area contributed by atoms with E-state index in [0.29, 0.717) is 35.4 Å². The Morgan fingerprint density at radius 1 is 1.09 bits per heavy atom. The van der Waals surface area contributed by atoms with Crippen molar-refractivity contribution in [3.05, 3.63) is 42.5 Å². The molecule has 1 aliphatic heterocycles. The van der Waals surface area contributed by atoms with Crippen LogP contribution in [0.4, 0.5) is 19.3 Å². The monoisotopic (exact) mass is 487 g/mol. The number of halogens is 2. The molecule has 4 rings (SSSR count). The number of benzene rings is 2. The zero-order chi connectivity index (χ0) is 25.2. The lowest BCUT2D eigenvalue weighted by Crippen LogP contribution is -2.49. The first-order valence-electron chi connectivity index (χ1n) is 11.4. The van der Waals surface area contributed by atoms with Crippen molar-refractivity contribution >= 4 is 23.5 Å². The molecule has 0 bridgehead atoms. The van der Waals surface area contributed by atoms with Gasteiger partial charge < -0.3 is 19.7 Å². The van der Waals surface area contributed by atoms with Gasteiger partial charge in [-0.3, -0.25) is 14.5 Å². The number of methoxy groups -OCH3 is 1. The van der Waals surface area contributed by atoms with Gasteiger partial charge in [-0.25, -0.2) is 4.79 Å². The number of hydrogen-bond acceptors (Lipinski definition) is 5. The molecule has 8 nitrogen and oxygen atoms in total. The molecule has 186 valence electrons. The summed E-state index contributed by atoms with van der Waals surface area (Å²) in [7, 11) is 3.12. The van der Waals surface area contributed by atoms with E-state index < -0.39 is 30.6 Å². The lowest BCUT2D eigenvalue weighted by molar-refractivity contribution is -0.136. The number of carbonyl (C=O) groups is 3. The molecule has 2 aromatic carbocycles. The van der Waals surface area contributed by atoms with Crippen molar-refractivity contribution in [2.45, 2.75) is 44.3 Å². The fourth-order valence-electron chi connectivity index (χ4n) is 4.82. The first-order valence-corrected chi connectivity index (χ1v) is 11.4. The summed E-state index contributed by atoms with van der Waals surface area (Å²) in [6.45, 7) is -3.46. The Morgan fingerprint density at radius 3 is 2.40 bits per heavy atom. The normalized spacial score (nSPS) is 17.3. The highest BCUT2D eigenvalue weighted by Gasteiger charge is 2.55. The highest BCUT2D eigenvalue weighted by Crippen LogP contribution is 2.39. The van der Waals surface area contributed by atoms with Gasteiger partial charge in [-0.15, -0.1) is 0 Å². The summed E-state index contributed by atoms with van der Waals surface area (Å²) in [5, 5.41) is 2.66. The summed E-state index contributed by atoms with van der Waals surface area (Å²) < 4.78 is 35.7. The van der Waals surface area contributed by atoms with Crippen molar-refractivity contribution in [2.24, 2.45) is 0 Å². The third-order valence-corrected chi connectivity index (χ3v) is 6.67. The summed E-state index contributed by atoms with van der Waals surface area (Å²) in [5.41, 5.74) is 0.344. The minimum atomic E-state index is -3.02. The number of rotatable bonds is 7. The molecule has 1 N–H and O–H groups in total. The van der Waals surface area contributed by atoms with Gasteiger partial charge in [0.05, 0.1) is 7.11 Å². The Bertz CT molecular complexity index is 1120. The van der Waals surface area contributed by atoms with Gasteiger partial charge in [-0.1, -0.05) is 31.4 Å². The number of anilines is 1. The van der Waals surface area contributed by atoms with Crippen molar-refractivity contribution in [1.29, 1.82) is 0 Å². The van der Waals surface area contributed by atoms with E-state index in [9.17, 15) is 23.2 Å². The molecule has 1 saturated carbocycles. The van der Waals surface area contributed by atoms with Crippen LogP contribution in [0.5, 0.6) is 11.5 Å². The van der Waals surface area contributed by atoms with Gasteiger partial charge in [0.15, 0.2) is 0 Å². The van der Waals surface area contributed by atoms with Crippen molar-refractivity contribution < 1.29 is 32.6 Å². The molecule has 0 radical (unpaired) electrons. The van der Waals surface area contributed by atoms with Gasteiger partial charge in [0, 0.05) is 18.3 Å². The zero-order valence-corrected chi connectivity index (χ0v) is 19.6. The number of nitrogens with one attached hydrogen (secondary N) is 1. The number of ether oxygens (including phenoxy) is 2. The van der Waals surface area contributed by atoms with E-state index in [4.69, 9.17) is 4.74 Å². The minimum Gasteiger partial charge on any atom is -0.497 e. The molecule has 0 aromatic heterocycles. The maximum Gasteiger partial charge on any atom is 0.387 e. The molecular weight excluding hydrogens is 460 g/mol. The molecule has 0 atom stereocenters. The summed E-state index contributed by atoms with van der Waals surface area (Å²) in [6, 6.07) is 10.5. The van der Waals surface area contributed by atoms with Gasteiger partial charge in [-0.05, 0) is 48.7 Å². The van der Waals surface area contributed by atoms with Gasteiger partial charge >= 0.3 is 12.6 Å². The maximum atomic E-state index is 13.1. The van der Waals surface area contributed by atoms with Crippen LogP contribution in [0.25, 0.3) is 11.1 Å². The Hall–Kier alpha value is -3.69. The van der Waals surface area contributed by atoms with E-state index in [2.05, 4.69) is 10.1 Å². The van der Waals surface area contributed by atoms with Crippen LogP contribution in [0.3, 0.4) is 0 Å². The van der Waals surface area contributed by atoms with Crippen LogP contribution in [0.1, 0.15) is 32.1 Å². The number of nitrogens with zero attached hydrogens (tertiary/aromatic N) is 2. The van der Waals surface area contributed by atoms with Crippen molar-refractivity contribution in [3.8, 4) is 22.6 Å². The number of carbonyl (C=O) groups excluding carboxylic acids is 3. The van der Waals surface area contributed by atoms with Gasteiger partial charge in [0.1, 0.15) is 23.6 Å². The van der Waals surface area contributed by atoms with E-state index in [0.717, 1.165) is 24.2 Å². The number of alkyl halides is 2. The highest BCUT2D eigenvalue weighted by atomic mass is 19.3.